The molecule has 4 rings (SSSR count). The van der Waals surface area contributed by atoms with Gasteiger partial charge in [0.25, 0.3) is 10.9 Å². The first kappa shape index (κ1) is 12.1. The third-order valence-corrected chi connectivity index (χ3v) is 3.96. The maximum absolute atomic E-state index is 11.7. The van der Waals surface area contributed by atoms with E-state index in [4.69, 9.17) is 4.42 Å². The summed E-state index contributed by atoms with van der Waals surface area (Å²) < 4.78 is 5.22. The van der Waals surface area contributed by atoms with Gasteiger partial charge in [-0.05, 0) is 31.4 Å². The van der Waals surface area contributed by atoms with Crippen molar-refractivity contribution in [3.8, 4) is 0 Å². The van der Waals surface area contributed by atoms with Crippen molar-refractivity contribution in [1.82, 2.24) is 4.98 Å². The molecule has 1 heterocycles. The molecule has 3 aromatic rings. The van der Waals surface area contributed by atoms with Crippen LogP contribution in [0.2, 0.25) is 0 Å². The van der Waals surface area contributed by atoms with Crippen LogP contribution in [0.25, 0.3) is 11.1 Å². The minimum Gasteiger partial charge on any atom is -0.443 e. The molecule has 1 saturated carbocycles. The summed E-state index contributed by atoms with van der Waals surface area (Å²) in [6.45, 7) is 0. The van der Waals surface area contributed by atoms with Gasteiger partial charge in [-0.3, -0.25) is 9.59 Å². The molecule has 2 N–H and O–H groups in total. The number of benzene rings is 1. The van der Waals surface area contributed by atoms with Crippen molar-refractivity contribution >= 4 is 28.2 Å². The van der Waals surface area contributed by atoms with E-state index in [-0.39, 0.29) is 0 Å². The molecule has 1 fully saturated rings. The summed E-state index contributed by atoms with van der Waals surface area (Å²) in [5, 5.41) is 6.15. The largest absolute Gasteiger partial charge is 0.443 e. The number of aromatic nitrogens is 1. The molecule has 1 aromatic heterocycles. The normalized spacial score (nSPS) is 15.2. The lowest BCUT2D eigenvalue weighted by atomic mass is 9.92. The number of nitrogens with zero attached hydrogens (tertiary/aromatic N) is 1. The van der Waals surface area contributed by atoms with E-state index in [9.17, 15) is 9.59 Å². The van der Waals surface area contributed by atoms with E-state index in [0.29, 0.717) is 28.7 Å². The highest BCUT2D eigenvalue weighted by atomic mass is 16.3. The molecule has 106 valence electrons. The fourth-order valence-corrected chi connectivity index (χ4v) is 2.48. The third kappa shape index (κ3) is 1.91. The summed E-state index contributed by atoms with van der Waals surface area (Å²) >= 11 is 0. The van der Waals surface area contributed by atoms with E-state index in [1.165, 1.54) is 6.39 Å². The van der Waals surface area contributed by atoms with Crippen molar-refractivity contribution in [3.63, 3.8) is 0 Å². The van der Waals surface area contributed by atoms with Crippen LogP contribution in [-0.2, 0) is 0 Å². The summed E-state index contributed by atoms with van der Waals surface area (Å²) in [7, 11) is 0. The molecule has 0 aliphatic heterocycles. The molecule has 2 aromatic carbocycles. The zero-order valence-electron chi connectivity index (χ0n) is 11.2. The second-order valence-corrected chi connectivity index (χ2v) is 5.34. The number of hydrogen-bond donors (Lipinski definition) is 2. The first-order valence-electron chi connectivity index (χ1n) is 6.92. The van der Waals surface area contributed by atoms with E-state index in [1.54, 1.807) is 18.2 Å². The highest BCUT2D eigenvalue weighted by molar-refractivity contribution is 5.83. The van der Waals surface area contributed by atoms with Gasteiger partial charge in [-0.2, -0.15) is 0 Å². The van der Waals surface area contributed by atoms with Crippen LogP contribution in [0.5, 0.6) is 0 Å². The first-order chi connectivity index (χ1) is 10.2. The Balaban J connectivity index is 1.62. The third-order valence-electron chi connectivity index (χ3n) is 3.96. The van der Waals surface area contributed by atoms with E-state index in [0.717, 1.165) is 24.8 Å². The minimum absolute atomic E-state index is 0.311. The number of nitrogens with one attached hydrogen (secondary N) is 2. The van der Waals surface area contributed by atoms with Crippen molar-refractivity contribution in [3.05, 3.63) is 45.0 Å². The molecule has 0 spiro atoms. The molecule has 0 amide bonds. The van der Waals surface area contributed by atoms with Gasteiger partial charge in [0.1, 0.15) is 16.9 Å². The molecular weight excluding hydrogens is 270 g/mol. The topological polar surface area (TPSA) is 84.2 Å². The van der Waals surface area contributed by atoms with Gasteiger partial charge in [0.2, 0.25) is 0 Å². The molecule has 21 heavy (non-hydrogen) atoms. The average Bonchev–Trinajstić information content (AvgIpc) is 2.91. The smallest absolute Gasteiger partial charge is 0.253 e. The van der Waals surface area contributed by atoms with Gasteiger partial charge < -0.3 is 15.1 Å². The Morgan fingerprint density at radius 2 is 1.95 bits per heavy atom. The zero-order valence-corrected chi connectivity index (χ0v) is 11.2. The molecule has 0 saturated heterocycles. The Morgan fingerprint density at radius 3 is 2.71 bits per heavy atom. The van der Waals surface area contributed by atoms with Crippen molar-refractivity contribution in [2.24, 2.45) is 0 Å². The fourth-order valence-electron chi connectivity index (χ4n) is 2.48. The quantitative estimate of drug-likeness (QED) is 0.714. The van der Waals surface area contributed by atoms with E-state index >= 15 is 0 Å². The summed E-state index contributed by atoms with van der Waals surface area (Å²) in [6, 6.07) is 5.66. The molecule has 0 bridgehead atoms. The molecule has 6 nitrogen and oxygen atoms in total. The molecule has 1 aliphatic rings. The lowest BCUT2D eigenvalue weighted by Gasteiger charge is -2.28. The van der Waals surface area contributed by atoms with Crippen LogP contribution in [0.3, 0.4) is 0 Å². The minimum atomic E-state index is -0.477. The fraction of sp³-hybridized carbons (Fsp3) is 0.267. The molecule has 1 aliphatic carbocycles. The standard InChI is InChI=1S/C15H13N3O3/c19-14-12(17-8-2-1-3-8)13(15(14)20)18-9-4-5-10-11(6-9)21-7-16-10/h4-8,17-18H,1-3H2. The number of rotatable bonds is 4. The lowest BCUT2D eigenvalue weighted by Crippen LogP contribution is -2.40. The second kappa shape index (κ2) is 4.44. The van der Waals surface area contributed by atoms with Gasteiger partial charge in [-0.15, -0.1) is 0 Å². The van der Waals surface area contributed by atoms with Gasteiger partial charge in [-0.1, -0.05) is 0 Å². The van der Waals surface area contributed by atoms with E-state index in [1.807, 2.05) is 0 Å². The van der Waals surface area contributed by atoms with E-state index < -0.39 is 10.9 Å². The van der Waals surface area contributed by atoms with Crippen molar-refractivity contribution in [1.29, 1.82) is 0 Å². The second-order valence-electron chi connectivity index (χ2n) is 5.34. The summed E-state index contributed by atoms with van der Waals surface area (Å²) in [5.74, 6) is 0. The maximum Gasteiger partial charge on any atom is 0.253 e. The zero-order chi connectivity index (χ0) is 14.4. The van der Waals surface area contributed by atoms with Crippen molar-refractivity contribution in [2.45, 2.75) is 25.3 Å². The number of fused-ring (bicyclic) bond motifs is 1. The van der Waals surface area contributed by atoms with Crippen LogP contribution in [0.4, 0.5) is 17.1 Å². The Kier molecular flexibility index (Phi) is 2.57. The Hall–Kier alpha value is -2.63. The Labute approximate surface area is 119 Å². The molecular formula is C15H13N3O3. The Morgan fingerprint density at radius 1 is 1.14 bits per heavy atom. The van der Waals surface area contributed by atoms with Crippen LogP contribution in [0.15, 0.2) is 38.6 Å². The number of anilines is 3. The molecule has 0 radical (unpaired) electrons. The summed E-state index contributed by atoms with van der Waals surface area (Å²) in [4.78, 5) is 27.4. The maximum atomic E-state index is 11.7. The van der Waals surface area contributed by atoms with Crippen LogP contribution in [0, 0.1) is 0 Å². The summed E-state index contributed by atoms with van der Waals surface area (Å²) in [5.41, 5.74) is 1.90. The van der Waals surface area contributed by atoms with Crippen LogP contribution >= 0.6 is 0 Å². The van der Waals surface area contributed by atoms with Crippen LogP contribution < -0.4 is 21.5 Å². The number of oxazole rings is 1. The van der Waals surface area contributed by atoms with Gasteiger partial charge in [0.05, 0.1) is 0 Å². The van der Waals surface area contributed by atoms with E-state index in [2.05, 4.69) is 15.6 Å². The van der Waals surface area contributed by atoms with Crippen molar-refractivity contribution in [2.75, 3.05) is 10.6 Å². The first-order valence-corrected chi connectivity index (χ1v) is 6.92. The van der Waals surface area contributed by atoms with Gasteiger partial charge in [0, 0.05) is 17.8 Å². The highest BCUT2D eigenvalue weighted by Gasteiger charge is 2.26. The Bertz CT molecular complexity index is 885. The highest BCUT2D eigenvalue weighted by Crippen LogP contribution is 2.28. The lowest BCUT2D eigenvalue weighted by molar-refractivity contribution is 0.445. The number of hydrogen-bond acceptors (Lipinski definition) is 6. The van der Waals surface area contributed by atoms with Crippen molar-refractivity contribution < 1.29 is 4.42 Å². The van der Waals surface area contributed by atoms with Gasteiger partial charge in [0.15, 0.2) is 12.0 Å². The van der Waals surface area contributed by atoms with Crippen LogP contribution in [-0.4, -0.2) is 11.0 Å². The molecule has 6 heteroatoms. The predicted molar refractivity (Wildman–Crippen MR) is 79.9 cm³/mol. The molecule has 0 atom stereocenters. The predicted octanol–water partition coefficient (Wildman–Crippen LogP) is 2.13. The van der Waals surface area contributed by atoms with Gasteiger partial charge in [-0.25, -0.2) is 4.98 Å². The monoisotopic (exact) mass is 283 g/mol. The van der Waals surface area contributed by atoms with Crippen LogP contribution in [0.1, 0.15) is 19.3 Å². The SMILES string of the molecule is O=c1c(Nc2ccc3ncoc3c2)c(NC2CCC2)c1=O. The average molecular weight is 283 g/mol. The summed E-state index contributed by atoms with van der Waals surface area (Å²) in [6.07, 6.45) is 4.62. The molecule has 0 unspecified atom stereocenters. The van der Waals surface area contributed by atoms with Gasteiger partial charge >= 0.3 is 0 Å².